The zero-order chi connectivity index (χ0) is 16.8. The Morgan fingerprint density at radius 1 is 1.42 bits per heavy atom. The second-order valence-electron chi connectivity index (χ2n) is 5.76. The van der Waals surface area contributed by atoms with Gasteiger partial charge in [0.05, 0.1) is 13.0 Å². The van der Waals surface area contributed by atoms with Crippen molar-refractivity contribution < 1.29 is 9.53 Å². The topological polar surface area (TPSA) is 53.9 Å². The molecule has 0 unspecified atom stereocenters. The second kappa shape index (κ2) is 10.2. The Morgan fingerprint density at radius 2 is 2.08 bits per heavy atom. The number of hydrogen-bond donors (Lipinski definition) is 1. The van der Waals surface area contributed by atoms with Gasteiger partial charge in [-0.25, -0.2) is 0 Å². The van der Waals surface area contributed by atoms with Crippen LogP contribution in [0, 0.1) is 12.8 Å². The molecule has 0 saturated carbocycles. The smallest absolute Gasteiger partial charge is 0.308 e. The molecule has 1 aliphatic rings. The number of aliphatic imine (C=N–C) groups is 1. The third kappa shape index (κ3) is 5.61. The molecule has 1 aromatic rings. The fraction of sp³-hybridized carbons (Fsp3) is 0.529. The van der Waals surface area contributed by atoms with Gasteiger partial charge in [0.1, 0.15) is 0 Å². The summed E-state index contributed by atoms with van der Waals surface area (Å²) >= 11 is 3.49. The Bertz CT molecular complexity index is 587. The third-order valence-electron chi connectivity index (χ3n) is 4.28. The molecule has 0 aliphatic carbocycles. The lowest BCUT2D eigenvalue weighted by atomic mass is 9.97. The molecule has 0 bridgehead atoms. The minimum Gasteiger partial charge on any atom is -0.469 e. The summed E-state index contributed by atoms with van der Waals surface area (Å²) in [6, 6.07) is 6.28. The van der Waals surface area contributed by atoms with E-state index in [1.165, 1.54) is 18.2 Å². The van der Waals surface area contributed by atoms with Gasteiger partial charge in [-0.3, -0.25) is 9.79 Å². The van der Waals surface area contributed by atoms with Gasteiger partial charge in [-0.05, 0) is 43.0 Å². The first-order valence-electron chi connectivity index (χ1n) is 7.83. The number of nitrogens with one attached hydrogen (secondary N) is 1. The number of esters is 1. The first-order valence-corrected chi connectivity index (χ1v) is 8.63. The average Bonchev–Trinajstić information content (AvgIpc) is 2.57. The van der Waals surface area contributed by atoms with Crippen LogP contribution in [-0.4, -0.2) is 44.1 Å². The highest BCUT2D eigenvalue weighted by Crippen LogP contribution is 2.19. The first-order chi connectivity index (χ1) is 11.0. The van der Waals surface area contributed by atoms with Crippen LogP contribution in [0.3, 0.4) is 0 Å². The summed E-state index contributed by atoms with van der Waals surface area (Å²) in [5.41, 5.74) is 2.49. The summed E-state index contributed by atoms with van der Waals surface area (Å²) in [6.07, 6.45) is 1.62. The normalized spacial score (nSPS) is 15.7. The number of likely N-dealkylation sites (tertiary alicyclic amines) is 1. The number of methoxy groups -OCH3 is 1. The van der Waals surface area contributed by atoms with Gasteiger partial charge in [-0.1, -0.05) is 22.0 Å². The van der Waals surface area contributed by atoms with Crippen molar-refractivity contribution >= 4 is 51.8 Å². The molecule has 1 N–H and O–H groups in total. The predicted octanol–water partition coefficient (Wildman–Crippen LogP) is 3.34. The monoisotopic (exact) mass is 509 g/mol. The van der Waals surface area contributed by atoms with E-state index in [9.17, 15) is 4.79 Å². The molecule has 1 aromatic carbocycles. The molecule has 0 amide bonds. The molecular weight excluding hydrogens is 485 g/mol. The van der Waals surface area contributed by atoms with E-state index in [0.29, 0.717) is 0 Å². The molecule has 0 atom stereocenters. The van der Waals surface area contributed by atoms with Gasteiger partial charge in [-0.2, -0.15) is 0 Å². The summed E-state index contributed by atoms with van der Waals surface area (Å²) in [7, 11) is 3.25. The zero-order valence-corrected chi connectivity index (χ0v) is 18.3. The third-order valence-corrected chi connectivity index (χ3v) is 4.78. The summed E-state index contributed by atoms with van der Waals surface area (Å²) in [5, 5.41) is 3.42. The van der Waals surface area contributed by atoms with Crippen molar-refractivity contribution in [1.82, 2.24) is 10.2 Å². The van der Waals surface area contributed by atoms with E-state index >= 15 is 0 Å². The fourth-order valence-electron chi connectivity index (χ4n) is 2.86. The van der Waals surface area contributed by atoms with E-state index in [-0.39, 0.29) is 35.9 Å². The van der Waals surface area contributed by atoms with Crippen molar-refractivity contribution in [2.75, 3.05) is 27.2 Å². The van der Waals surface area contributed by atoms with Crippen LogP contribution in [0.1, 0.15) is 24.0 Å². The Kier molecular flexibility index (Phi) is 9.04. The van der Waals surface area contributed by atoms with E-state index < -0.39 is 0 Å². The molecule has 1 aliphatic heterocycles. The molecule has 7 heteroatoms. The highest BCUT2D eigenvalue weighted by molar-refractivity contribution is 14.0. The molecule has 1 saturated heterocycles. The summed E-state index contributed by atoms with van der Waals surface area (Å²) in [4.78, 5) is 18.2. The number of guanidine groups is 1. The van der Waals surface area contributed by atoms with Crippen LogP contribution >= 0.6 is 39.9 Å². The Balaban J connectivity index is 0.00000288. The van der Waals surface area contributed by atoms with Crippen LogP contribution in [0.5, 0.6) is 0 Å². The Hall–Kier alpha value is -0.830. The quantitative estimate of drug-likeness (QED) is 0.294. The van der Waals surface area contributed by atoms with Crippen molar-refractivity contribution in [3.8, 4) is 0 Å². The number of benzene rings is 1. The van der Waals surface area contributed by atoms with Crippen LogP contribution in [0.25, 0.3) is 0 Å². The van der Waals surface area contributed by atoms with Crippen molar-refractivity contribution in [2.45, 2.75) is 26.3 Å². The Morgan fingerprint density at radius 3 is 2.62 bits per heavy atom. The van der Waals surface area contributed by atoms with Crippen molar-refractivity contribution in [3.63, 3.8) is 0 Å². The largest absolute Gasteiger partial charge is 0.469 e. The Labute approximate surface area is 169 Å². The number of aryl methyl sites for hydroxylation is 1. The molecular formula is C17H25BrIN3O2. The minimum atomic E-state index is -0.0990. The molecule has 1 heterocycles. The number of hydrogen-bond acceptors (Lipinski definition) is 3. The molecule has 5 nitrogen and oxygen atoms in total. The van der Waals surface area contributed by atoms with Crippen LogP contribution in [-0.2, 0) is 16.1 Å². The number of halogens is 2. The van der Waals surface area contributed by atoms with Crippen LogP contribution in [0.2, 0.25) is 0 Å². The standard InChI is InChI=1S/C17H24BrN3O2.HI/c1-12-10-15(18)5-4-14(12)11-20-17(19-2)21-8-6-13(7-9-21)16(22)23-3;/h4-5,10,13H,6-9,11H2,1-3H3,(H,19,20);1H. The highest BCUT2D eigenvalue weighted by atomic mass is 127. The van der Waals surface area contributed by atoms with E-state index in [0.717, 1.165) is 42.9 Å². The average molecular weight is 510 g/mol. The maximum atomic E-state index is 11.6. The van der Waals surface area contributed by atoms with Gasteiger partial charge < -0.3 is 15.0 Å². The van der Waals surface area contributed by atoms with E-state index in [1.54, 1.807) is 7.05 Å². The lowest BCUT2D eigenvalue weighted by Crippen LogP contribution is -2.46. The van der Waals surface area contributed by atoms with Crippen molar-refractivity contribution in [2.24, 2.45) is 10.9 Å². The van der Waals surface area contributed by atoms with Gasteiger partial charge in [0.25, 0.3) is 0 Å². The van der Waals surface area contributed by atoms with E-state index in [2.05, 4.69) is 56.3 Å². The van der Waals surface area contributed by atoms with Gasteiger partial charge in [0.2, 0.25) is 0 Å². The summed E-state index contributed by atoms with van der Waals surface area (Å²) in [6.45, 7) is 4.48. The molecule has 0 spiro atoms. The number of ether oxygens (including phenoxy) is 1. The second-order valence-corrected chi connectivity index (χ2v) is 6.67. The molecule has 1 fully saturated rings. The SMILES string of the molecule is CN=C(NCc1ccc(Br)cc1C)N1CCC(C(=O)OC)CC1.I. The number of rotatable bonds is 3. The minimum absolute atomic E-state index is 0. The number of piperidine rings is 1. The van der Waals surface area contributed by atoms with Crippen LogP contribution in [0.15, 0.2) is 27.7 Å². The molecule has 134 valence electrons. The van der Waals surface area contributed by atoms with Crippen molar-refractivity contribution in [1.29, 1.82) is 0 Å². The number of carbonyl (C=O) groups is 1. The molecule has 2 rings (SSSR count). The maximum Gasteiger partial charge on any atom is 0.308 e. The number of carbonyl (C=O) groups excluding carboxylic acids is 1. The zero-order valence-electron chi connectivity index (χ0n) is 14.3. The predicted molar refractivity (Wildman–Crippen MR) is 111 cm³/mol. The molecule has 0 radical (unpaired) electrons. The van der Waals surface area contributed by atoms with Gasteiger partial charge in [0, 0.05) is 31.2 Å². The number of nitrogens with zero attached hydrogens (tertiary/aromatic N) is 2. The van der Waals surface area contributed by atoms with Gasteiger partial charge >= 0.3 is 5.97 Å². The first kappa shape index (κ1) is 21.2. The summed E-state index contributed by atoms with van der Waals surface area (Å²) < 4.78 is 5.92. The van der Waals surface area contributed by atoms with E-state index in [4.69, 9.17) is 4.74 Å². The lowest BCUT2D eigenvalue weighted by Gasteiger charge is -2.33. The van der Waals surface area contributed by atoms with Gasteiger partial charge in [0.15, 0.2) is 5.96 Å². The fourth-order valence-corrected chi connectivity index (χ4v) is 3.33. The van der Waals surface area contributed by atoms with Crippen LogP contribution in [0.4, 0.5) is 0 Å². The van der Waals surface area contributed by atoms with E-state index in [1.807, 2.05) is 0 Å². The van der Waals surface area contributed by atoms with Crippen LogP contribution < -0.4 is 5.32 Å². The molecule has 24 heavy (non-hydrogen) atoms. The highest BCUT2D eigenvalue weighted by Gasteiger charge is 2.26. The van der Waals surface area contributed by atoms with Gasteiger partial charge in [-0.15, -0.1) is 24.0 Å². The maximum absolute atomic E-state index is 11.6. The molecule has 0 aromatic heterocycles. The van der Waals surface area contributed by atoms with Crippen molar-refractivity contribution in [3.05, 3.63) is 33.8 Å². The summed E-state index contributed by atoms with van der Waals surface area (Å²) in [5.74, 6) is 0.803. The lowest BCUT2D eigenvalue weighted by molar-refractivity contribution is -0.146.